The van der Waals surface area contributed by atoms with Crippen LogP contribution in [0, 0.1) is 5.41 Å². The van der Waals surface area contributed by atoms with Gasteiger partial charge in [-0.05, 0) is 36.8 Å². The number of anilines is 1. The number of carbonyl (C=O) groups is 2. The van der Waals surface area contributed by atoms with Gasteiger partial charge in [0.15, 0.2) is 5.16 Å². The van der Waals surface area contributed by atoms with Crippen molar-refractivity contribution in [1.29, 1.82) is 0 Å². The molecule has 1 amide bonds. The van der Waals surface area contributed by atoms with Gasteiger partial charge in [0.05, 0.1) is 16.7 Å². The predicted molar refractivity (Wildman–Crippen MR) is 155 cm³/mol. The molecular weight excluding hydrogens is 496 g/mol. The Kier molecular flexibility index (Phi) is 8.92. The second kappa shape index (κ2) is 12.2. The Bertz CT molecular complexity index is 1340. The summed E-state index contributed by atoms with van der Waals surface area (Å²) in [6, 6.07) is 15.4. The summed E-state index contributed by atoms with van der Waals surface area (Å²) in [4.78, 5) is 48.4. The molecule has 7 nitrogen and oxygen atoms in total. The van der Waals surface area contributed by atoms with Crippen LogP contribution < -0.4 is 10.5 Å². The molecule has 3 aromatic rings. The van der Waals surface area contributed by atoms with Gasteiger partial charge in [-0.3, -0.25) is 19.0 Å². The topological polar surface area (TPSA) is 75.5 Å². The summed E-state index contributed by atoms with van der Waals surface area (Å²) in [6.07, 6.45) is 2.93. The van der Waals surface area contributed by atoms with Gasteiger partial charge in [0, 0.05) is 49.4 Å². The Labute approximate surface area is 229 Å². The lowest BCUT2D eigenvalue weighted by Crippen LogP contribution is -2.48. The zero-order valence-electron chi connectivity index (χ0n) is 22.9. The molecule has 0 N–H and O–H groups in total. The van der Waals surface area contributed by atoms with Crippen LogP contribution in [-0.2, 0) is 11.3 Å². The molecule has 1 aliphatic rings. The van der Waals surface area contributed by atoms with E-state index in [-0.39, 0.29) is 23.0 Å². The van der Waals surface area contributed by atoms with Gasteiger partial charge in [-0.25, -0.2) is 4.98 Å². The number of unbranched alkanes of at least 4 members (excludes halogenated alkanes) is 2. The standard InChI is InChI=1S/C30H38N4O3S/c1-5-6-10-15-34-28(37)24-14-13-22(20-25(24)31-29(34)38-21-26(35)30(2,3)4)27(36)33-18-16-32(17-19-33)23-11-8-7-9-12-23/h7-9,11-14,20H,5-6,10,15-19,21H2,1-4H3. The van der Waals surface area contributed by atoms with Gasteiger partial charge in [-0.1, -0.05) is 70.5 Å². The first-order valence-electron chi connectivity index (χ1n) is 13.5. The Morgan fingerprint density at radius 1 is 0.974 bits per heavy atom. The number of thioether (sulfide) groups is 1. The fourth-order valence-corrected chi connectivity index (χ4v) is 5.68. The fourth-order valence-electron chi connectivity index (χ4n) is 4.50. The summed E-state index contributed by atoms with van der Waals surface area (Å²) in [6.45, 7) is 11.2. The van der Waals surface area contributed by atoms with E-state index in [1.54, 1.807) is 22.8 Å². The lowest BCUT2D eigenvalue weighted by Gasteiger charge is -2.36. The first kappa shape index (κ1) is 27.9. The highest BCUT2D eigenvalue weighted by molar-refractivity contribution is 7.99. The first-order valence-corrected chi connectivity index (χ1v) is 14.5. The predicted octanol–water partition coefficient (Wildman–Crippen LogP) is 5.26. The number of para-hydroxylation sites is 1. The van der Waals surface area contributed by atoms with Crippen LogP contribution in [0.15, 0.2) is 58.5 Å². The van der Waals surface area contributed by atoms with Crippen molar-refractivity contribution in [2.24, 2.45) is 5.41 Å². The highest BCUT2D eigenvalue weighted by Crippen LogP contribution is 2.24. The van der Waals surface area contributed by atoms with Crippen molar-refractivity contribution in [2.45, 2.75) is 58.7 Å². The molecule has 0 radical (unpaired) electrons. The maximum Gasteiger partial charge on any atom is 0.262 e. The Morgan fingerprint density at radius 2 is 1.68 bits per heavy atom. The summed E-state index contributed by atoms with van der Waals surface area (Å²) in [5.41, 5.74) is 1.62. The SMILES string of the molecule is CCCCCn1c(SCC(=O)C(C)(C)C)nc2cc(C(=O)N3CCN(c4ccccc4)CC3)ccc2c1=O. The molecule has 2 aromatic carbocycles. The molecule has 0 bridgehead atoms. The van der Waals surface area contributed by atoms with E-state index in [1.165, 1.54) is 17.4 Å². The van der Waals surface area contributed by atoms with E-state index in [0.717, 1.165) is 32.4 Å². The van der Waals surface area contributed by atoms with Crippen molar-refractivity contribution < 1.29 is 9.59 Å². The van der Waals surface area contributed by atoms with Gasteiger partial charge in [-0.15, -0.1) is 0 Å². The van der Waals surface area contributed by atoms with Crippen LogP contribution in [0.25, 0.3) is 10.9 Å². The minimum absolute atomic E-state index is 0.0503. The molecule has 0 spiro atoms. The number of amides is 1. The number of hydrogen-bond donors (Lipinski definition) is 0. The lowest BCUT2D eigenvalue weighted by molar-refractivity contribution is -0.123. The van der Waals surface area contributed by atoms with Crippen LogP contribution in [-0.4, -0.2) is 58.1 Å². The smallest absolute Gasteiger partial charge is 0.262 e. The summed E-state index contributed by atoms with van der Waals surface area (Å²) in [7, 11) is 0. The van der Waals surface area contributed by atoms with Crippen molar-refractivity contribution in [1.82, 2.24) is 14.5 Å². The lowest BCUT2D eigenvalue weighted by atomic mass is 9.92. The summed E-state index contributed by atoms with van der Waals surface area (Å²) in [5, 5.41) is 1.04. The minimum atomic E-state index is -0.457. The monoisotopic (exact) mass is 534 g/mol. The van der Waals surface area contributed by atoms with Crippen LogP contribution in [0.4, 0.5) is 5.69 Å². The molecule has 38 heavy (non-hydrogen) atoms. The Balaban J connectivity index is 1.57. The van der Waals surface area contributed by atoms with Gasteiger partial charge in [0.25, 0.3) is 11.5 Å². The third-order valence-corrected chi connectivity index (χ3v) is 7.99. The molecule has 0 atom stereocenters. The number of aromatic nitrogens is 2. The number of carbonyl (C=O) groups excluding carboxylic acids is 2. The van der Waals surface area contributed by atoms with E-state index in [0.29, 0.717) is 41.3 Å². The minimum Gasteiger partial charge on any atom is -0.368 e. The second-order valence-electron chi connectivity index (χ2n) is 10.9. The van der Waals surface area contributed by atoms with Crippen molar-refractivity contribution in [2.75, 3.05) is 36.8 Å². The molecule has 0 saturated carbocycles. The highest BCUT2D eigenvalue weighted by atomic mass is 32.2. The van der Waals surface area contributed by atoms with Crippen LogP contribution >= 0.6 is 11.8 Å². The average molecular weight is 535 g/mol. The molecular formula is C30H38N4O3S. The second-order valence-corrected chi connectivity index (χ2v) is 11.8. The van der Waals surface area contributed by atoms with E-state index in [4.69, 9.17) is 4.98 Å². The van der Waals surface area contributed by atoms with Crippen LogP contribution in [0.5, 0.6) is 0 Å². The van der Waals surface area contributed by atoms with E-state index < -0.39 is 5.41 Å². The van der Waals surface area contributed by atoms with Crippen LogP contribution in [0.3, 0.4) is 0 Å². The number of rotatable bonds is 9. The van der Waals surface area contributed by atoms with E-state index in [9.17, 15) is 14.4 Å². The number of Topliss-reactive ketones (excluding diaryl/α,β-unsaturated/α-hetero) is 1. The zero-order valence-corrected chi connectivity index (χ0v) is 23.7. The quantitative estimate of drug-likeness (QED) is 0.212. The van der Waals surface area contributed by atoms with Gasteiger partial charge in [0.2, 0.25) is 0 Å². The van der Waals surface area contributed by atoms with Crippen molar-refractivity contribution >= 4 is 40.0 Å². The molecule has 4 rings (SSSR count). The van der Waals surface area contributed by atoms with Gasteiger partial charge in [0.1, 0.15) is 5.78 Å². The number of hydrogen-bond acceptors (Lipinski definition) is 6. The average Bonchev–Trinajstić information content (AvgIpc) is 2.92. The molecule has 0 aliphatic carbocycles. The summed E-state index contributed by atoms with van der Waals surface area (Å²) < 4.78 is 1.70. The van der Waals surface area contributed by atoms with Gasteiger partial charge < -0.3 is 9.80 Å². The number of piperazine rings is 1. The molecule has 1 aliphatic heterocycles. The Morgan fingerprint density at radius 3 is 2.34 bits per heavy atom. The van der Waals surface area contributed by atoms with E-state index in [1.807, 2.05) is 43.9 Å². The molecule has 1 saturated heterocycles. The number of nitrogens with zero attached hydrogens (tertiary/aromatic N) is 4. The number of ketones is 1. The fraction of sp³-hybridized carbons (Fsp3) is 0.467. The van der Waals surface area contributed by atoms with Crippen molar-refractivity contribution in [3.8, 4) is 0 Å². The van der Waals surface area contributed by atoms with Gasteiger partial charge in [-0.2, -0.15) is 0 Å². The molecule has 1 aromatic heterocycles. The van der Waals surface area contributed by atoms with Crippen molar-refractivity contribution in [3.05, 3.63) is 64.4 Å². The Hall–Kier alpha value is -3.13. The highest BCUT2D eigenvalue weighted by Gasteiger charge is 2.24. The largest absolute Gasteiger partial charge is 0.368 e. The number of fused-ring (bicyclic) bond motifs is 1. The van der Waals surface area contributed by atoms with Crippen LogP contribution in [0.1, 0.15) is 57.3 Å². The summed E-state index contributed by atoms with van der Waals surface area (Å²) >= 11 is 1.31. The normalized spacial score (nSPS) is 14.2. The maximum absolute atomic E-state index is 13.5. The maximum atomic E-state index is 13.5. The van der Waals surface area contributed by atoms with Gasteiger partial charge >= 0.3 is 0 Å². The third-order valence-electron chi connectivity index (χ3n) is 7.01. The van der Waals surface area contributed by atoms with Crippen molar-refractivity contribution in [3.63, 3.8) is 0 Å². The van der Waals surface area contributed by atoms with E-state index >= 15 is 0 Å². The first-order chi connectivity index (χ1) is 18.2. The zero-order chi connectivity index (χ0) is 27.3. The molecule has 1 fully saturated rings. The summed E-state index contributed by atoms with van der Waals surface area (Å²) in [5.74, 6) is 0.306. The van der Waals surface area contributed by atoms with Crippen LogP contribution in [0.2, 0.25) is 0 Å². The number of benzene rings is 2. The molecule has 8 heteroatoms. The molecule has 2 heterocycles. The van der Waals surface area contributed by atoms with E-state index in [2.05, 4.69) is 24.0 Å². The third kappa shape index (κ3) is 6.46. The molecule has 0 unspecified atom stereocenters. The molecule has 202 valence electrons.